The van der Waals surface area contributed by atoms with E-state index < -0.39 is 35.5 Å². The van der Waals surface area contributed by atoms with Crippen LogP contribution in [0.2, 0.25) is 0 Å². The molecule has 1 aromatic rings. The molecular weight excluding hydrogens is 292 g/mol. The highest BCUT2D eigenvalue weighted by molar-refractivity contribution is 5.89. The van der Waals surface area contributed by atoms with Crippen molar-refractivity contribution in [2.24, 2.45) is 0 Å². The third-order valence-electron chi connectivity index (χ3n) is 2.84. The lowest BCUT2D eigenvalue weighted by Crippen LogP contribution is -2.49. The maximum Gasteiger partial charge on any atom is 0.420 e. The standard InChI is InChI=1S/C11H7F6NO2/c12-10(13,14)9(11(15,16)17)6-18(9)20-8(19)7-4-2-1-3-5-7/h1-5H,6H2. The first kappa shape index (κ1) is 14.6. The summed E-state index contributed by atoms with van der Waals surface area (Å²) >= 11 is 0. The molecule has 20 heavy (non-hydrogen) atoms. The topological polar surface area (TPSA) is 29.3 Å². The molecule has 2 rings (SSSR count). The molecule has 0 aliphatic carbocycles. The molecule has 1 aliphatic rings. The lowest BCUT2D eigenvalue weighted by molar-refractivity contribution is -0.298. The second-order valence-corrected chi connectivity index (χ2v) is 4.14. The van der Waals surface area contributed by atoms with Gasteiger partial charge in [-0.3, -0.25) is 0 Å². The van der Waals surface area contributed by atoms with Gasteiger partial charge in [0.1, 0.15) is 0 Å². The summed E-state index contributed by atoms with van der Waals surface area (Å²) in [4.78, 5) is 15.6. The number of halogens is 6. The molecule has 1 aliphatic heterocycles. The fourth-order valence-electron chi connectivity index (χ4n) is 1.63. The number of alkyl halides is 6. The van der Waals surface area contributed by atoms with Gasteiger partial charge < -0.3 is 4.84 Å². The summed E-state index contributed by atoms with van der Waals surface area (Å²) in [6.45, 7) is -1.46. The van der Waals surface area contributed by atoms with Crippen LogP contribution in [0.4, 0.5) is 26.3 Å². The second-order valence-electron chi connectivity index (χ2n) is 4.14. The molecule has 1 heterocycles. The molecule has 1 fully saturated rings. The van der Waals surface area contributed by atoms with Crippen molar-refractivity contribution >= 4 is 5.97 Å². The number of carbonyl (C=O) groups excluding carboxylic acids is 1. The maximum absolute atomic E-state index is 12.5. The molecule has 1 atom stereocenters. The van der Waals surface area contributed by atoms with E-state index in [-0.39, 0.29) is 5.56 Å². The molecule has 0 aromatic heterocycles. The maximum atomic E-state index is 12.5. The van der Waals surface area contributed by atoms with Crippen LogP contribution in [0.5, 0.6) is 0 Å². The monoisotopic (exact) mass is 299 g/mol. The molecular formula is C11H7F6NO2. The molecule has 1 unspecified atom stereocenters. The highest BCUT2D eigenvalue weighted by atomic mass is 19.4. The second kappa shape index (κ2) is 4.37. The zero-order valence-electron chi connectivity index (χ0n) is 9.63. The Labute approximate surface area is 108 Å². The van der Waals surface area contributed by atoms with Crippen molar-refractivity contribution in [3.05, 3.63) is 35.9 Å². The summed E-state index contributed by atoms with van der Waals surface area (Å²) in [5, 5.41) is -0.400. The molecule has 0 bridgehead atoms. The minimum Gasteiger partial charge on any atom is -0.363 e. The fourth-order valence-corrected chi connectivity index (χ4v) is 1.63. The van der Waals surface area contributed by atoms with E-state index in [0.29, 0.717) is 0 Å². The van der Waals surface area contributed by atoms with Crippen LogP contribution in [0, 0.1) is 0 Å². The average molecular weight is 299 g/mol. The molecule has 3 nitrogen and oxygen atoms in total. The van der Waals surface area contributed by atoms with Gasteiger partial charge in [0, 0.05) is 0 Å². The summed E-state index contributed by atoms with van der Waals surface area (Å²) in [6.07, 6.45) is -11.2. The molecule has 0 amide bonds. The van der Waals surface area contributed by atoms with E-state index in [0.717, 1.165) is 0 Å². The minimum atomic E-state index is -5.58. The van der Waals surface area contributed by atoms with Gasteiger partial charge in [-0.2, -0.15) is 26.3 Å². The normalized spacial score (nSPS) is 21.4. The predicted molar refractivity (Wildman–Crippen MR) is 53.4 cm³/mol. The molecule has 0 N–H and O–H groups in total. The number of hydrogen-bond acceptors (Lipinski definition) is 3. The summed E-state index contributed by atoms with van der Waals surface area (Å²) in [5.74, 6) is -1.28. The van der Waals surface area contributed by atoms with E-state index in [1.54, 1.807) is 0 Å². The first-order chi connectivity index (χ1) is 9.09. The third-order valence-corrected chi connectivity index (χ3v) is 2.84. The van der Waals surface area contributed by atoms with E-state index in [9.17, 15) is 31.1 Å². The van der Waals surface area contributed by atoms with Crippen LogP contribution < -0.4 is 0 Å². The van der Waals surface area contributed by atoms with Gasteiger partial charge in [0.05, 0.1) is 12.1 Å². The highest BCUT2D eigenvalue weighted by Crippen LogP contribution is 2.56. The summed E-state index contributed by atoms with van der Waals surface area (Å²) in [7, 11) is 0. The molecule has 0 spiro atoms. The third kappa shape index (κ3) is 2.21. The van der Waals surface area contributed by atoms with Crippen LogP contribution in [-0.4, -0.2) is 35.5 Å². The van der Waals surface area contributed by atoms with Crippen molar-refractivity contribution in [1.82, 2.24) is 5.06 Å². The number of hydroxylamine groups is 2. The number of rotatable bonds is 2. The molecule has 110 valence electrons. The van der Waals surface area contributed by atoms with E-state index in [4.69, 9.17) is 0 Å². The number of carbonyl (C=O) groups is 1. The van der Waals surface area contributed by atoms with E-state index in [2.05, 4.69) is 4.84 Å². The Balaban J connectivity index is 2.15. The van der Waals surface area contributed by atoms with Crippen LogP contribution in [0.3, 0.4) is 0 Å². The predicted octanol–water partition coefficient (Wildman–Crippen LogP) is 2.94. The van der Waals surface area contributed by atoms with Gasteiger partial charge in [0.2, 0.25) is 0 Å². The SMILES string of the molecule is O=C(ON1CC1(C(F)(F)F)C(F)(F)F)c1ccccc1. The number of benzene rings is 1. The lowest BCUT2D eigenvalue weighted by Gasteiger charge is -2.22. The molecule has 0 saturated carbocycles. The first-order valence-corrected chi connectivity index (χ1v) is 5.28. The molecule has 1 saturated heterocycles. The van der Waals surface area contributed by atoms with Crippen molar-refractivity contribution in [3.63, 3.8) is 0 Å². The Kier molecular flexibility index (Phi) is 3.20. The van der Waals surface area contributed by atoms with Gasteiger partial charge in [0.25, 0.3) is 5.54 Å². The Morgan fingerprint density at radius 3 is 1.95 bits per heavy atom. The van der Waals surface area contributed by atoms with Crippen LogP contribution in [-0.2, 0) is 4.84 Å². The van der Waals surface area contributed by atoms with Crippen LogP contribution in [0.25, 0.3) is 0 Å². The number of nitrogens with zero attached hydrogens (tertiary/aromatic N) is 1. The van der Waals surface area contributed by atoms with Gasteiger partial charge >= 0.3 is 18.3 Å². The largest absolute Gasteiger partial charge is 0.420 e. The number of hydrogen-bond donors (Lipinski definition) is 0. The van der Waals surface area contributed by atoms with Gasteiger partial charge in [-0.15, -0.1) is 5.06 Å². The minimum absolute atomic E-state index is 0.141. The van der Waals surface area contributed by atoms with Crippen LogP contribution in [0.1, 0.15) is 10.4 Å². The van der Waals surface area contributed by atoms with Crippen LogP contribution >= 0.6 is 0 Å². The van der Waals surface area contributed by atoms with Crippen molar-refractivity contribution < 1.29 is 36.0 Å². The van der Waals surface area contributed by atoms with E-state index in [1.165, 1.54) is 30.3 Å². The summed E-state index contributed by atoms with van der Waals surface area (Å²) in [5.41, 5.74) is -4.25. The fraction of sp³-hybridized carbons (Fsp3) is 0.364. The van der Waals surface area contributed by atoms with Crippen molar-refractivity contribution in [2.75, 3.05) is 6.54 Å². The highest BCUT2D eigenvalue weighted by Gasteiger charge is 2.85. The van der Waals surface area contributed by atoms with Gasteiger partial charge in [0.15, 0.2) is 0 Å². The van der Waals surface area contributed by atoms with Crippen molar-refractivity contribution in [2.45, 2.75) is 17.9 Å². The lowest BCUT2D eigenvalue weighted by atomic mass is 10.1. The zero-order valence-corrected chi connectivity index (χ0v) is 9.63. The Morgan fingerprint density at radius 2 is 1.55 bits per heavy atom. The van der Waals surface area contributed by atoms with E-state index in [1.807, 2.05) is 0 Å². The Morgan fingerprint density at radius 1 is 1.05 bits per heavy atom. The molecule has 1 aromatic carbocycles. The summed E-state index contributed by atoms with van der Waals surface area (Å²) in [6, 6.07) is 6.77. The smallest absolute Gasteiger partial charge is 0.363 e. The Bertz CT molecular complexity index is 496. The first-order valence-electron chi connectivity index (χ1n) is 5.28. The van der Waals surface area contributed by atoms with E-state index >= 15 is 0 Å². The Hall–Kier alpha value is -1.77. The van der Waals surface area contributed by atoms with Gasteiger partial charge in [-0.25, -0.2) is 4.79 Å². The van der Waals surface area contributed by atoms with Crippen molar-refractivity contribution in [1.29, 1.82) is 0 Å². The quantitative estimate of drug-likeness (QED) is 0.621. The van der Waals surface area contributed by atoms with Gasteiger partial charge in [-0.05, 0) is 12.1 Å². The molecule has 9 heteroatoms. The van der Waals surface area contributed by atoms with Crippen molar-refractivity contribution in [3.8, 4) is 0 Å². The zero-order chi connectivity index (χ0) is 15.2. The summed E-state index contributed by atoms with van der Waals surface area (Å²) < 4.78 is 75.3. The molecule has 0 radical (unpaired) electrons. The average Bonchev–Trinajstić information content (AvgIpc) is 3.05. The van der Waals surface area contributed by atoms with Crippen LogP contribution in [0.15, 0.2) is 30.3 Å². The van der Waals surface area contributed by atoms with Gasteiger partial charge in [-0.1, -0.05) is 18.2 Å².